The number of hydrogen-bond donors (Lipinski definition) is 2. The lowest BCUT2D eigenvalue weighted by atomic mass is 10.1. The van der Waals surface area contributed by atoms with Crippen LogP contribution in [0.3, 0.4) is 0 Å². The fraction of sp³-hybridized carbons (Fsp3) is 0.231. The number of anilines is 1. The molecule has 0 unspecified atom stereocenters. The average Bonchev–Trinajstić information content (AvgIpc) is 2.71. The molecule has 2 aromatic rings. The normalized spacial score (nSPS) is 10.3. The van der Waals surface area contributed by atoms with Crippen molar-refractivity contribution >= 4 is 35.0 Å². The van der Waals surface area contributed by atoms with Crippen LogP contribution in [0.15, 0.2) is 30.3 Å². The van der Waals surface area contributed by atoms with Crippen molar-refractivity contribution in [2.24, 2.45) is 0 Å². The minimum Gasteiger partial charge on any atom is -0.302 e. The molecule has 0 aliphatic heterocycles. The lowest BCUT2D eigenvalue weighted by Gasteiger charge is -1.98. The van der Waals surface area contributed by atoms with Gasteiger partial charge < -0.3 is 5.32 Å². The first-order valence-electron chi connectivity index (χ1n) is 5.64. The Morgan fingerprint density at radius 1 is 1.39 bits per heavy atom. The molecule has 0 spiro atoms. The minimum atomic E-state index is -0.0432. The number of benzene rings is 1. The summed E-state index contributed by atoms with van der Waals surface area (Å²) in [5, 5.41) is 3.44. The third-order valence-electron chi connectivity index (χ3n) is 2.43. The molecule has 5 heteroatoms. The number of thiol groups is 1. The monoisotopic (exact) mass is 278 g/mol. The Morgan fingerprint density at radius 3 is 2.78 bits per heavy atom. The number of amides is 1. The Hall–Kier alpha value is -1.33. The molecule has 1 heterocycles. The van der Waals surface area contributed by atoms with Gasteiger partial charge in [0.05, 0.1) is 5.69 Å². The van der Waals surface area contributed by atoms with E-state index in [0.29, 0.717) is 17.3 Å². The third-order valence-corrected chi connectivity index (χ3v) is 3.54. The Labute approximate surface area is 116 Å². The van der Waals surface area contributed by atoms with Gasteiger partial charge >= 0.3 is 0 Å². The van der Waals surface area contributed by atoms with Crippen LogP contribution in [0.1, 0.15) is 11.3 Å². The van der Waals surface area contributed by atoms with Gasteiger partial charge in [-0.05, 0) is 12.7 Å². The number of aryl methyl sites for hydroxylation is 1. The zero-order valence-corrected chi connectivity index (χ0v) is 11.7. The minimum absolute atomic E-state index is 0.0432. The van der Waals surface area contributed by atoms with Crippen LogP contribution < -0.4 is 5.32 Å². The van der Waals surface area contributed by atoms with Crippen molar-refractivity contribution in [3.05, 3.63) is 35.2 Å². The van der Waals surface area contributed by atoms with Gasteiger partial charge in [-0.15, -0.1) is 11.3 Å². The topological polar surface area (TPSA) is 42.0 Å². The van der Waals surface area contributed by atoms with E-state index in [0.717, 1.165) is 16.1 Å². The molecule has 0 saturated carbocycles. The predicted octanol–water partition coefficient (Wildman–Crippen LogP) is 3.38. The molecule has 1 aromatic carbocycles. The maximum absolute atomic E-state index is 11.5. The van der Waals surface area contributed by atoms with Gasteiger partial charge in [0.2, 0.25) is 5.91 Å². The Bertz CT molecular complexity index is 537. The van der Waals surface area contributed by atoms with Gasteiger partial charge in [-0.25, -0.2) is 4.98 Å². The number of nitrogens with one attached hydrogen (secondary N) is 1. The summed E-state index contributed by atoms with van der Waals surface area (Å²) < 4.78 is 0. The second-order valence-electron chi connectivity index (χ2n) is 3.81. The molecule has 0 radical (unpaired) electrons. The van der Waals surface area contributed by atoms with Crippen LogP contribution >= 0.6 is 24.0 Å². The van der Waals surface area contributed by atoms with Crippen LogP contribution in [0.5, 0.6) is 0 Å². The summed E-state index contributed by atoms with van der Waals surface area (Å²) >= 11 is 5.53. The van der Waals surface area contributed by atoms with E-state index in [1.165, 1.54) is 11.3 Å². The molecule has 0 aliphatic rings. The van der Waals surface area contributed by atoms with Crippen molar-refractivity contribution in [2.75, 3.05) is 11.1 Å². The van der Waals surface area contributed by atoms with Gasteiger partial charge in [-0.2, -0.15) is 12.6 Å². The molecule has 1 aromatic heterocycles. The third kappa shape index (κ3) is 3.11. The molecule has 0 fully saturated rings. The lowest BCUT2D eigenvalue weighted by molar-refractivity contribution is -0.115. The molecule has 1 amide bonds. The second-order valence-corrected chi connectivity index (χ2v) is 5.46. The number of aromatic nitrogens is 1. The molecule has 94 valence electrons. The highest BCUT2D eigenvalue weighted by Crippen LogP contribution is 2.30. The van der Waals surface area contributed by atoms with Crippen LogP contribution in [-0.2, 0) is 4.79 Å². The van der Waals surface area contributed by atoms with Crippen LogP contribution in [0, 0.1) is 6.92 Å². The lowest BCUT2D eigenvalue weighted by Crippen LogP contribution is -2.11. The van der Waals surface area contributed by atoms with E-state index in [1.54, 1.807) is 0 Å². The first kappa shape index (κ1) is 13.1. The SMILES string of the molecule is Cc1sc(NC(=O)CCS)nc1-c1ccccc1. The number of nitrogens with zero attached hydrogens (tertiary/aromatic N) is 1. The summed E-state index contributed by atoms with van der Waals surface area (Å²) in [6, 6.07) is 9.96. The number of rotatable bonds is 4. The smallest absolute Gasteiger partial charge is 0.226 e. The van der Waals surface area contributed by atoms with Crippen molar-refractivity contribution in [2.45, 2.75) is 13.3 Å². The van der Waals surface area contributed by atoms with E-state index in [-0.39, 0.29) is 5.91 Å². The number of carbonyl (C=O) groups is 1. The first-order valence-corrected chi connectivity index (χ1v) is 7.09. The van der Waals surface area contributed by atoms with Crippen LogP contribution in [-0.4, -0.2) is 16.6 Å². The first-order chi connectivity index (χ1) is 8.70. The van der Waals surface area contributed by atoms with Crippen LogP contribution in [0.2, 0.25) is 0 Å². The van der Waals surface area contributed by atoms with E-state index in [4.69, 9.17) is 0 Å². The molecular formula is C13H14N2OS2. The number of thiazole rings is 1. The van der Waals surface area contributed by atoms with Gasteiger partial charge in [-0.1, -0.05) is 30.3 Å². The molecule has 0 saturated heterocycles. The predicted molar refractivity (Wildman–Crippen MR) is 79.4 cm³/mol. The molecule has 18 heavy (non-hydrogen) atoms. The van der Waals surface area contributed by atoms with Crippen LogP contribution in [0.25, 0.3) is 11.3 Å². The molecular weight excluding hydrogens is 264 g/mol. The number of carbonyl (C=O) groups excluding carboxylic acids is 1. The zero-order chi connectivity index (χ0) is 13.0. The highest BCUT2D eigenvalue weighted by atomic mass is 32.1. The van der Waals surface area contributed by atoms with Gasteiger partial charge in [0.15, 0.2) is 5.13 Å². The van der Waals surface area contributed by atoms with Crippen molar-refractivity contribution in [3.8, 4) is 11.3 Å². The van der Waals surface area contributed by atoms with E-state index in [2.05, 4.69) is 22.9 Å². The fourth-order valence-corrected chi connectivity index (χ4v) is 2.65. The van der Waals surface area contributed by atoms with Crippen molar-refractivity contribution in [3.63, 3.8) is 0 Å². The Kier molecular flexibility index (Phi) is 4.38. The van der Waals surface area contributed by atoms with E-state index >= 15 is 0 Å². The highest BCUT2D eigenvalue weighted by molar-refractivity contribution is 7.80. The summed E-state index contributed by atoms with van der Waals surface area (Å²) in [4.78, 5) is 17.0. The molecule has 0 atom stereocenters. The standard InChI is InChI=1S/C13H14N2OS2/c1-9-12(10-5-3-2-4-6-10)15-13(18-9)14-11(16)7-8-17/h2-6,17H,7-8H2,1H3,(H,14,15,16). The number of hydrogen-bond acceptors (Lipinski definition) is 4. The van der Waals surface area contributed by atoms with E-state index in [1.807, 2.05) is 37.3 Å². The van der Waals surface area contributed by atoms with Gasteiger partial charge in [0.1, 0.15) is 0 Å². The zero-order valence-electron chi connectivity index (χ0n) is 10.0. The quantitative estimate of drug-likeness (QED) is 0.842. The molecule has 3 nitrogen and oxygen atoms in total. The maximum Gasteiger partial charge on any atom is 0.226 e. The van der Waals surface area contributed by atoms with Crippen molar-refractivity contribution < 1.29 is 4.79 Å². The summed E-state index contributed by atoms with van der Waals surface area (Å²) in [6.07, 6.45) is 0.405. The maximum atomic E-state index is 11.5. The highest BCUT2D eigenvalue weighted by Gasteiger charge is 2.11. The largest absolute Gasteiger partial charge is 0.302 e. The second kappa shape index (κ2) is 6.02. The van der Waals surface area contributed by atoms with Gasteiger partial charge in [0.25, 0.3) is 0 Å². The van der Waals surface area contributed by atoms with Gasteiger partial charge in [-0.3, -0.25) is 4.79 Å². The van der Waals surface area contributed by atoms with E-state index < -0.39 is 0 Å². The summed E-state index contributed by atoms with van der Waals surface area (Å²) in [6.45, 7) is 2.01. The van der Waals surface area contributed by atoms with E-state index in [9.17, 15) is 4.79 Å². The average molecular weight is 278 g/mol. The van der Waals surface area contributed by atoms with Crippen LogP contribution in [0.4, 0.5) is 5.13 Å². The van der Waals surface area contributed by atoms with Crippen molar-refractivity contribution in [1.29, 1.82) is 0 Å². The summed E-state index contributed by atoms with van der Waals surface area (Å²) in [5.41, 5.74) is 2.00. The summed E-state index contributed by atoms with van der Waals surface area (Å²) in [5.74, 6) is 0.500. The molecule has 0 aliphatic carbocycles. The van der Waals surface area contributed by atoms with Crippen molar-refractivity contribution in [1.82, 2.24) is 4.98 Å². The summed E-state index contributed by atoms with van der Waals surface area (Å²) in [7, 11) is 0. The molecule has 2 rings (SSSR count). The van der Waals surface area contributed by atoms with Gasteiger partial charge in [0, 0.05) is 16.9 Å². The molecule has 1 N–H and O–H groups in total. The fourth-order valence-electron chi connectivity index (χ4n) is 1.60. The Morgan fingerprint density at radius 2 is 2.11 bits per heavy atom. The molecule has 0 bridgehead atoms. The Balaban J connectivity index is 2.20.